The predicted molar refractivity (Wildman–Crippen MR) is 137 cm³/mol. The highest BCUT2D eigenvalue weighted by Gasteiger charge is 2.48. The Balaban J connectivity index is 1.11. The van der Waals surface area contributed by atoms with E-state index in [0.717, 1.165) is 24.0 Å². The molecular formula is C27H28FN3O6S. The van der Waals surface area contributed by atoms with Crippen molar-refractivity contribution < 1.29 is 32.1 Å². The van der Waals surface area contributed by atoms with Crippen molar-refractivity contribution in [3.05, 3.63) is 53.9 Å². The first-order valence-electron chi connectivity index (χ1n) is 12.8. The molecule has 2 N–H and O–H groups in total. The molecule has 7 rings (SSSR count). The summed E-state index contributed by atoms with van der Waals surface area (Å²) in [7, 11) is -3.24. The van der Waals surface area contributed by atoms with Gasteiger partial charge in [0.15, 0.2) is 17.8 Å². The monoisotopic (exact) mass is 541 g/mol. The lowest BCUT2D eigenvalue weighted by molar-refractivity contribution is 0.00794. The molecular weight excluding hydrogens is 513 g/mol. The zero-order valence-corrected chi connectivity index (χ0v) is 21.5. The van der Waals surface area contributed by atoms with Crippen molar-refractivity contribution in [3.63, 3.8) is 0 Å². The number of sulfonamides is 1. The molecule has 11 heteroatoms. The maximum Gasteiger partial charge on any atom is 0.212 e. The predicted octanol–water partition coefficient (Wildman–Crippen LogP) is 2.85. The first-order chi connectivity index (χ1) is 18.2. The third kappa shape index (κ3) is 4.04. The van der Waals surface area contributed by atoms with E-state index in [-0.39, 0.29) is 36.6 Å². The lowest BCUT2D eigenvalue weighted by Crippen LogP contribution is -2.42. The lowest BCUT2D eigenvalue weighted by atomic mass is 9.95. The van der Waals surface area contributed by atoms with Crippen LogP contribution in [0.1, 0.15) is 24.8 Å². The van der Waals surface area contributed by atoms with E-state index in [9.17, 15) is 13.5 Å². The number of hydrogen-bond donors (Lipinski definition) is 2. The normalized spacial score (nSPS) is 31.1. The molecule has 2 aromatic heterocycles. The molecule has 6 atom stereocenters. The fourth-order valence-electron chi connectivity index (χ4n) is 6.34. The van der Waals surface area contributed by atoms with Crippen LogP contribution < -0.4 is 4.74 Å². The second kappa shape index (κ2) is 8.85. The number of aliphatic hydroxyl groups excluding tert-OH is 1. The van der Waals surface area contributed by atoms with Crippen molar-refractivity contribution in [2.45, 2.75) is 55.8 Å². The molecule has 0 saturated carbocycles. The van der Waals surface area contributed by atoms with Crippen LogP contribution in [-0.2, 0) is 19.5 Å². The highest BCUT2D eigenvalue weighted by atomic mass is 32.2. The van der Waals surface area contributed by atoms with Gasteiger partial charge in [0.25, 0.3) is 0 Å². The lowest BCUT2D eigenvalue weighted by Gasteiger charge is -2.32. The number of ether oxygens (including phenoxy) is 3. The summed E-state index contributed by atoms with van der Waals surface area (Å²) >= 11 is 0. The molecule has 2 unspecified atom stereocenters. The van der Waals surface area contributed by atoms with Gasteiger partial charge in [-0.1, -0.05) is 30.3 Å². The minimum atomic E-state index is -3.24. The Kier molecular flexibility index (Phi) is 5.64. The van der Waals surface area contributed by atoms with Crippen LogP contribution in [0.25, 0.3) is 27.9 Å². The van der Waals surface area contributed by atoms with Gasteiger partial charge in [-0.3, -0.25) is 0 Å². The molecule has 0 radical (unpaired) electrons. The third-order valence-corrected chi connectivity index (χ3v) is 9.37. The maximum atomic E-state index is 15.1. The third-order valence-electron chi connectivity index (χ3n) is 8.03. The minimum Gasteiger partial charge on any atom is -0.470 e. The molecule has 4 aliphatic rings. The highest BCUT2D eigenvalue weighted by Crippen LogP contribution is 2.40. The number of pyridine rings is 1. The number of aliphatic hydroxyl groups is 1. The zero-order chi connectivity index (χ0) is 26.2. The van der Waals surface area contributed by atoms with E-state index < -0.39 is 28.0 Å². The van der Waals surface area contributed by atoms with E-state index in [1.807, 2.05) is 24.3 Å². The van der Waals surface area contributed by atoms with Gasteiger partial charge in [0.05, 0.1) is 30.5 Å². The topological polar surface area (TPSA) is 114 Å². The molecule has 9 nitrogen and oxygen atoms in total. The average Bonchev–Trinajstić information content (AvgIpc) is 3.63. The fraction of sp³-hybridized carbons (Fsp3) is 0.444. The van der Waals surface area contributed by atoms with E-state index in [1.54, 1.807) is 10.4 Å². The number of hydrogen-bond acceptors (Lipinski definition) is 7. The molecule has 3 aromatic rings. The number of benzene rings is 1. The van der Waals surface area contributed by atoms with E-state index in [0.29, 0.717) is 35.5 Å². The van der Waals surface area contributed by atoms with Gasteiger partial charge < -0.3 is 24.3 Å². The van der Waals surface area contributed by atoms with Gasteiger partial charge in [0, 0.05) is 29.8 Å². The summed E-state index contributed by atoms with van der Waals surface area (Å²) in [5.74, 6) is -0.0236. The number of H-pyrrole nitrogens is 1. The number of nitrogens with zero attached hydrogens (tertiary/aromatic N) is 2. The SMILES string of the molecule is CS(=O)(=O)N1C2C=C(c3ccc(-c4nc5cc(O[C@@H]6CO[C@H]7[C@@H]6OC[C@H]7O)[nH]c5cc4F)cc3)CC1CC2. The molecule has 2 bridgehead atoms. The van der Waals surface area contributed by atoms with Crippen LogP contribution in [0.5, 0.6) is 5.88 Å². The van der Waals surface area contributed by atoms with Crippen LogP contribution in [-0.4, -0.2) is 83.8 Å². The van der Waals surface area contributed by atoms with Crippen molar-refractivity contribution in [2.75, 3.05) is 19.5 Å². The fourth-order valence-corrected chi connectivity index (χ4v) is 7.72. The van der Waals surface area contributed by atoms with Gasteiger partial charge in [0.2, 0.25) is 10.0 Å². The van der Waals surface area contributed by atoms with Gasteiger partial charge >= 0.3 is 0 Å². The smallest absolute Gasteiger partial charge is 0.212 e. The number of aromatic nitrogens is 2. The van der Waals surface area contributed by atoms with Crippen LogP contribution in [0.15, 0.2) is 42.5 Å². The minimum absolute atomic E-state index is 0.00631. The van der Waals surface area contributed by atoms with Crippen LogP contribution in [0, 0.1) is 5.82 Å². The Hall–Kier alpha value is -2.83. The molecule has 6 heterocycles. The maximum absolute atomic E-state index is 15.1. The first-order valence-corrected chi connectivity index (χ1v) is 14.7. The Morgan fingerprint density at radius 3 is 2.63 bits per heavy atom. The summed E-state index contributed by atoms with van der Waals surface area (Å²) in [6.45, 7) is 0.514. The summed E-state index contributed by atoms with van der Waals surface area (Å²) in [5.41, 5.74) is 4.09. The molecule has 0 amide bonds. The second-order valence-corrected chi connectivity index (χ2v) is 12.5. The molecule has 200 valence electrons. The summed E-state index contributed by atoms with van der Waals surface area (Å²) in [5, 5.41) is 9.93. The van der Waals surface area contributed by atoms with Crippen molar-refractivity contribution >= 4 is 26.6 Å². The Morgan fingerprint density at radius 2 is 1.87 bits per heavy atom. The van der Waals surface area contributed by atoms with Crippen LogP contribution in [0.2, 0.25) is 0 Å². The van der Waals surface area contributed by atoms with Gasteiger partial charge in [-0.15, -0.1) is 0 Å². The number of halogens is 1. The average molecular weight is 542 g/mol. The molecule has 1 aromatic carbocycles. The Labute approximate surface area is 219 Å². The summed E-state index contributed by atoms with van der Waals surface area (Å²) in [4.78, 5) is 7.62. The summed E-state index contributed by atoms with van der Waals surface area (Å²) in [6, 6.07) is 10.6. The molecule has 4 aliphatic heterocycles. The van der Waals surface area contributed by atoms with E-state index in [1.165, 1.54) is 12.3 Å². The number of aromatic amines is 1. The van der Waals surface area contributed by atoms with Gasteiger partial charge in [-0.25, -0.2) is 17.8 Å². The number of rotatable bonds is 5. The van der Waals surface area contributed by atoms with Crippen molar-refractivity contribution in [3.8, 4) is 17.1 Å². The molecule has 3 fully saturated rings. The quantitative estimate of drug-likeness (QED) is 0.511. The van der Waals surface area contributed by atoms with E-state index in [4.69, 9.17) is 14.2 Å². The van der Waals surface area contributed by atoms with Crippen LogP contribution in [0.4, 0.5) is 4.39 Å². The Bertz CT molecular complexity index is 1540. The number of fused-ring (bicyclic) bond motifs is 4. The molecule has 3 saturated heterocycles. The van der Waals surface area contributed by atoms with Crippen LogP contribution in [0.3, 0.4) is 0 Å². The zero-order valence-electron chi connectivity index (χ0n) is 20.7. The van der Waals surface area contributed by atoms with Crippen molar-refractivity contribution in [1.29, 1.82) is 0 Å². The summed E-state index contributed by atoms with van der Waals surface area (Å²) < 4.78 is 58.3. The van der Waals surface area contributed by atoms with Gasteiger partial charge in [-0.05, 0) is 30.4 Å². The highest BCUT2D eigenvalue weighted by molar-refractivity contribution is 7.88. The van der Waals surface area contributed by atoms with E-state index >= 15 is 4.39 Å². The molecule has 0 spiro atoms. The van der Waals surface area contributed by atoms with Gasteiger partial charge in [0.1, 0.15) is 24.0 Å². The summed E-state index contributed by atoms with van der Waals surface area (Å²) in [6.07, 6.45) is 3.91. The molecule has 38 heavy (non-hydrogen) atoms. The van der Waals surface area contributed by atoms with Crippen molar-refractivity contribution in [1.82, 2.24) is 14.3 Å². The van der Waals surface area contributed by atoms with Crippen LogP contribution >= 0.6 is 0 Å². The van der Waals surface area contributed by atoms with E-state index in [2.05, 4.69) is 16.0 Å². The molecule has 0 aliphatic carbocycles. The van der Waals surface area contributed by atoms with Crippen molar-refractivity contribution in [2.24, 2.45) is 0 Å². The standard InChI is InChI=1S/C27H28FN3O6S/c1-38(33,34)31-17-6-7-18(31)9-16(8-17)14-2-4-15(5-3-14)25-19(28)10-20-21(30-25)11-24(29-20)37-23-13-36-26-22(32)12-35-27(23)26/h2-5,8,10-11,17-18,22-23,26-27,29,32H,6-7,9,12-13H2,1H3/t17?,18?,22-,23-,26-,27-/m1/s1. The number of nitrogens with one attached hydrogen (secondary N) is 1. The van der Waals surface area contributed by atoms with Gasteiger partial charge in [-0.2, -0.15) is 4.31 Å². The second-order valence-electron chi connectivity index (χ2n) is 10.6. The Morgan fingerprint density at radius 1 is 1.11 bits per heavy atom. The first kappa shape index (κ1) is 24.2. The largest absolute Gasteiger partial charge is 0.470 e.